The van der Waals surface area contributed by atoms with Gasteiger partial charge in [0.2, 0.25) is 0 Å². The SMILES string of the molecule is Cc1cc(Cl)c(C(=O)NC(C)CO)nc1Br. The number of aromatic nitrogens is 1. The fourth-order valence-electron chi connectivity index (χ4n) is 1.05. The predicted molar refractivity (Wildman–Crippen MR) is 65.7 cm³/mol. The van der Waals surface area contributed by atoms with Gasteiger partial charge in [-0.15, -0.1) is 0 Å². The summed E-state index contributed by atoms with van der Waals surface area (Å²) in [5, 5.41) is 11.7. The minimum atomic E-state index is -0.396. The van der Waals surface area contributed by atoms with Crippen LogP contribution >= 0.6 is 27.5 Å². The Balaban J connectivity index is 2.96. The number of rotatable bonds is 3. The van der Waals surface area contributed by atoms with Gasteiger partial charge < -0.3 is 10.4 Å². The Morgan fingerprint density at radius 3 is 2.94 bits per heavy atom. The van der Waals surface area contributed by atoms with Crippen molar-refractivity contribution < 1.29 is 9.90 Å². The summed E-state index contributed by atoms with van der Waals surface area (Å²) in [7, 11) is 0. The van der Waals surface area contributed by atoms with Gasteiger partial charge in [0.15, 0.2) is 0 Å². The number of nitrogens with one attached hydrogen (secondary N) is 1. The third-order valence-electron chi connectivity index (χ3n) is 1.97. The molecule has 0 fully saturated rings. The first-order valence-electron chi connectivity index (χ1n) is 4.70. The number of carbonyl (C=O) groups is 1. The molecule has 0 spiro atoms. The maximum Gasteiger partial charge on any atom is 0.271 e. The molecule has 1 atom stereocenters. The van der Waals surface area contributed by atoms with E-state index < -0.39 is 5.91 Å². The summed E-state index contributed by atoms with van der Waals surface area (Å²) in [5.41, 5.74) is 1.01. The zero-order chi connectivity index (χ0) is 12.3. The number of carbonyl (C=O) groups excluding carboxylic acids is 1. The van der Waals surface area contributed by atoms with Crippen LogP contribution in [0, 0.1) is 6.92 Å². The molecule has 1 amide bonds. The third kappa shape index (κ3) is 3.17. The van der Waals surface area contributed by atoms with Crippen molar-refractivity contribution in [2.45, 2.75) is 19.9 Å². The van der Waals surface area contributed by atoms with Crippen LogP contribution in [0.2, 0.25) is 5.02 Å². The lowest BCUT2D eigenvalue weighted by Gasteiger charge is -2.11. The summed E-state index contributed by atoms with van der Waals surface area (Å²) in [4.78, 5) is 15.8. The molecule has 0 aliphatic carbocycles. The van der Waals surface area contributed by atoms with Crippen molar-refractivity contribution in [3.05, 3.63) is 26.9 Å². The molecule has 1 heterocycles. The zero-order valence-corrected chi connectivity index (χ0v) is 11.3. The van der Waals surface area contributed by atoms with E-state index in [-0.39, 0.29) is 18.3 Å². The van der Waals surface area contributed by atoms with Gasteiger partial charge in [0.25, 0.3) is 5.91 Å². The molecule has 88 valence electrons. The quantitative estimate of drug-likeness (QED) is 0.839. The van der Waals surface area contributed by atoms with Crippen LogP contribution in [0.25, 0.3) is 0 Å². The lowest BCUT2D eigenvalue weighted by atomic mass is 10.2. The molecule has 0 saturated heterocycles. The lowest BCUT2D eigenvalue weighted by molar-refractivity contribution is 0.0917. The Labute approximate surface area is 107 Å². The molecule has 0 aliphatic heterocycles. The van der Waals surface area contributed by atoms with Gasteiger partial charge in [0.05, 0.1) is 11.6 Å². The maximum atomic E-state index is 11.7. The van der Waals surface area contributed by atoms with E-state index in [0.717, 1.165) is 5.56 Å². The highest BCUT2D eigenvalue weighted by molar-refractivity contribution is 9.10. The molecule has 0 bridgehead atoms. The summed E-state index contributed by atoms with van der Waals surface area (Å²) < 4.78 is 0.582. The summed E-state index contributed by atoms with van der Waals surface area (Å²) >= 11 is 9.15. The summed E-state index contributed by atoms with van der Waals surface area (Å²) in [6.07, 6.45) is 0. The number of halogens is 2. The Morgan fingerprint density at radius 2 is 2.38 bits per heavy atom. The second-order valence-electron chi connectivity index (χ2n) is 3.48. The van der Waals surface area contributed by atoms with Gasteiger partial charge in [-0.05, 0) is 41.4 Å². The average Bonchev–Trinajstić information content (AvgIpc) is 2.23. The van der Waals surface area contributed by atoms with Crippen LogP contribution in [0.5, 0.6) is 0 Å². The van der Waals surface area contributed by atoms with Crippen LogP contribution in [0.15, 0.2) is 10.7 Å². The van der Waals surface area contributed by atoms with Gasteiger partial charge in [-0.3, -0.25) is 4.79 Å². The Kier molecular flexibility index (Phi) is 4.70. The molecule has 1 unspecified atom stereocenters. The van der Waals surface area contributed by atoms with E-state index in [0.29, 0.717) is 9.63 Å². The van der Waals surface area contributed by atoms with Crippen molar-refractivity contribution in [2.24, 2.45) is 0 Å². The molecule has 4 nitrogen and oxygen atoms in total. The fourth-order valence-corrected chi connectivity index (χ4v) is 1.64. The number of aryl methyl sites for hydroxylation is 1. The molecule has 1 aromatic heterocycles. The number of hydrogen-bond acceptors (Lipinski definition) is 3. The van der Waals surface area contributed by atoms with Crippen LogP contribution in [-0.4, -0.2) is 28.6 Å². The number of aliphatic hydroxyl groups excluding tert-OH is 1. The first-order valence-corrected chi connectivity index (χ1v) is 5.87. The van der Waals surface area contributed by atoms with Crippen molar-refractivity contribution in [3.8, 4) is 0 Å². The van der Waals surface area contributed by atoms with Crippen molar-refractivity contribution in [1.29, 1.82) is 0 Å². The van der Waals surface area contributed by atoms with Gasteiger partial charge in [-0.1, -0.05) is 11.6 Å². The van der Waals surface area contributed by atoms with E-state index in [2.05, 4.69) is 26.2 Å². The van der Waals surface area contributed by atoms with Crippen molar-refractivity contribution >= 4 is 33.4 Å². The minimum Gasteiger partial charge on any atom is -0.394 e. The Morgan fingerprint density at radius 1 is 1.75 bits per heavy atom. The zero-order valence-electron chi connectivity index (χ0n) is 8.92. The van der Waals surface area contributed by atoms with E-state index in [9.17, 15) is 4.79 Å². The van der Waals surface area contributed by atoms with Crippen LogP contribution < -0.4 is 5.32 Å². The molecule has 0 radical (unpaired) electrons. The molecule has 2 N–H and O–H groups in total. The molecular formula is C10H12BrClN2O2. The maximum absolute atomic E-state index is 11.7. The van der Waals surface area contributed by atoms with Crippen molar-refractivity contribution in [1.82, 2.24) is 10.3 Å². The average molecular weight is 308 g/mol. The van der Waals surface area contributed by atoms with E-state index in [4.69, 9.17) is 16.7 Å². The molecule has 0 saturated carbocycles. The molecular weight excluding hydrogens is 295 g/mol. The van der Waals surface area contributed by atoms with Gasteiger partial charge >= 0.3 is 0 Å². The Bertz CT molecular complexity index is 412. The lowest BCUT2D eigenvalue weighted by Crippen LogP contribution is -2.35. The van der Waals surface area contributed by atoms with Crippen LogP contribution in [-0.2, 0) is 0 Å². The fraction of sp³-hybridized carbons (Fsp3) is 0.400. The van der Waals surface area contributed by atoms with Gasteiger partial charge in [-0.2, -0.15) is 0 Å². The predicted octanol–water partition coefficient (Wildman–Crippen LogP) is 1.92. The van der Waals surface area contributed by atoms with Gasteiger partial charge in [-0.25, -0.2) is 4.98 Å². The standard InChI is InChI=1S/C10H12BrClN2O2/c1-5-3-7(12)8(14-9(5)11)10(16)13-6(2)4-15/h3,6,15H,4H2,1-2H3,(H,13,16). The van der Waals surface area contributed by atoms with Crippen molar-refractivity contribution in [3.63, 3.8) is 0 Å². The normalized spacial score (nSPS) is 12.3. The van der Waals surface area contributed by atoms with E-state index in [1.54, 1.807) is 13.0 Å². The minimum absolute atomic E-state index is 0.129. The molecule has 6 heteroatoms. The molecule has 16 heavy (non-hydrogen) atoms. The number of nitrogens with zero attached hydrogens (tertiary/aromatic N) is 1. The first kappa shape index (κ1) is 13.4. The summed E-state index contributed by atoms with van der Waals surface area (Å²) in [6.45, 7) is 3.40. The van der Waals surface area contributed by atoms with Crippen LogP contribution in [0.4, 0.5) is 0 Å². The second-order valence-corrected chi connectivity index (χ2v) is 4.64. The van der Waals surface area contributed by atoms with E-state index >= 15 is 0 Å². The largest absolute Gasteiger partial charge is 0.394 e. The molecule has 1 rings (SSSR count). The highest BCUT2D eigenvalue weighted by Crippen LogP contribution is 2.21. The second kappa shape index (κ2) is 5.61. The van der Waals surface area contributed by atoms with Crippen LogP contribution in [0.3, 0.4) is 0 Å². The molecule has 1 aromatic rings. The molecule has 0 aliphatic rings. The monoisotopic (exact) mass is 306 g/mol. The number of aliphatic hydroxyl groups is 1. The van der Waals surface area contributed by atoms with Gasteiger partial charge in [0, 0.05) is 6.04 Å². The van der Waals surface area contributed by atoms with E-state index in [1.165, 1.54) is 0 Å². The number of amides is 1. The smallest absolute Gasteiger partial charge is 0.271 e. The Hall–Kier alpha value is -0.650. The molecule has 0 aromatic carbocycles. The van der Waals surface area contributed by atoms with Crippen LogP contribution in [0.1, 0.15) is 23.0 Å². The topological polar surface area (TPSA) is 62.2 Å². The van der Waals surface area contributed by atoms with Crippen molar-refractivity contribution in [2.75, 3.05) is 6.61 Å². The van der Waals surface area contributed by atoms with Gasteiger partial charge in [0.1, 0.15) is 10.3 Å². The summed E-state index contributed by atoms with van der Waals surface area (Å²) in [6, 6.07) is 1.34. The highest BCUT2D eigenvalue weighted by Gasteiger charge is 2.15. The number of pyridine rings is 1. The third-order valence-corrected chi connectivity index (χ3v) is 3.06. The number of hydrogen-bond donors (Lipinski definition) is 2. The van der Waals surface area contributed by atoms with E-state index in [1.807, 2.05) is 6.92 Å². The summed E-state index contributed by atoms with van der Waals surface area (Å²) in [5.74, 6) is -0.396. The first-order chi connectivity index (χ1) is 7.45. The highest BCUT2D eigenvalue weighted by atomic mass is 79.9.